The van der Waals surface area contributed by atoms with Gasteiger partial charge in [-0.3, -0.25) is 9.88 Å². The first-order chi connectivity index (χ1) is 17.0. The van der Waals surface area contributed by atoms with Crippen molar-refractivity contribution in [2.45, 2.75) is 62.9 Å². The molecule has 1 fully saturated rings. The van der Waals surface area contributed by atoms with Gasteiger partial charge in [-0.1, -0.05) is 35.5 Å². The predicted octanol–water partition coefficient (Wildman–Crippen LogP) is 4.44. The molecule has 0 spiro atoms. The van der Waals surface area contributed by atoms with Crippen LogP contribution in [-0.4, -0.2) is 51.6 Å². The summed E-state index contributed by atoms with van der Waals surface area (Å²) in [6, 6.07) is 10.3. The van der Waals surface area contributed by atoms with E-state index in [1.54, 1.807) is 18.5 Å². The van der Waals surface area contributed by atoms with Gasteiger partial charge in [-0.2, -0.15) is 13.2 Å². The Bertz CT molecular complexity index is 1270. The molecule has 3 aromatic rings. The van der Waals surface area contributed by atoms with Crippen LogP contribution in [0.3, 0.4) is 0 Å². The number of benzene rings is 1. The Kier molecular flexibility index (Phi) is 7.79. The number of aromatic nitrogens is 4. The summed E-state index contributed by atoms with van der Waals surface area (Å²) in [4.78, 5) is 5.79. The highest BCUT2D eigenvalue weighted by Gasteiger charge is 2.32. The van der Waals surface area contributed by atoms with Crippen molar-refractivity contribution in [3.63, 3.8) is 0 Å². The molecule has 0 amide bonds. The molecular weight excluding hydrogens is 491 g/mol. The summed E-state index contributed by atoms with van der Waals surface area (Å²) in [5.41, 5.74) is 2.52. The van der Waals surface area contributed by atoms with Gasteiger partial charge in [0.25, 0.3) is 0 Å². The van der Waals surface area contributed by atoms with Gasteiger partial charge in [0, 0.05) is 12.7 Å². The predicted molar refractivity (Wildman–Crippen MR) is 130 cm³/mol. The summed E-state index contributed by atoms with van der Waals surface area (Å²) >= 11 is 0. The van der Waals surface area contributed by atoms with Crippen molar-refractivity contribution in [3.05, 3.63) is 76.9 Å². The lowest BCUT2D eigenvalue weighted by Crippen LogP contribution is -2.32. The van der Waals surface area contributed by atoms with Crippen molar-refractivity contribution in [3.8, 4) is 0 Å². The normalized spacial score (nSPS) is 16.1. The molecule has 0 radical (unpaired) electrons. The van der Waals surface area contributed by atoms with Crippen LogP contribution in [0.15, 0.2) is 48.8 Å². The second-order valence-corrected chi connectivity index (χ2v) is 12.2. The lowest BCUT2D eigenvalue weighted by molar-refractivity contribution is -0.141. The molecular formula is C25H30F3N5O2S. The van der Waals surface area contributed by atoms with Gasteiger partial charge in [-0.15, -0.1) is 5.10 Å². The summed E-state index contributed by atoms with van der Waals surface area (Å²) in [5, 5.41) is 7.92. The van der Waals surface area contributed by atoms with Crippen LogP contribution in [0.2, 0.25) is 0 Å². The van der Waals surface area contributed by atoms with E-state index >= 15 is 0 Å². The van der Waals surface area contributed by atoms with Gasteiger partial charge in [-0.25, -0.2) is 13.1 Å². The smallest absolute Gasteiger partial charge is 0.297 e. The Morgan fingerprint density at radius 1 is 1.06 bits per heavy atom. The van der Waals surface area contributed by atoms with Gasteiger partial charge >= 0.3 is 6.18 Å². The average Bonchev–Trinajstić information content (AvgIpc) is 3.25. The summed E-state index contributed by atoms with van der Waals surface area (Å²) in [7, 11) is -3.14. The molecule has 194 valence electrons. The lowest BCUT2D eigenvalue weighted by atomic mass is 9.88. The van der Waals surface area contributed by atoms with Crippen molar-refractivity contribution in [2.75, 3.05) is 13.1 Å². The van der Waals surface area contributed by atoms with Crippen LogP contribution in [0, 0.1) is 0 Å². The van der Waals surface area contributed by atoms with Crippen LogP contribution in [0.4, 0.5) is 13.2 Å². The molecule has 0 aliphatic carbocycles. The fraction of sp³-hybridized carbons (Fsp3) is 0.480. The van der Waals surface area contributed by atoms with Crippen LogP contribution >= 0.6 is 0 Å². The molecule has 0 bridgehead atoms. The third-order valence-corrected chi connectivity index (χ3v) is 8.70. The molecule has 11 heteroatoms. The van der Waals surface area contributed by atoms with Gasteiger partial charge in [0.05, 0.1) is 29.4 Å². The van der Waals surface area contributed by atoms with Crippen LogP contribution in [-0.2, 0) is 34.9 Å². The number of hydrogen-bond acceptors (Lipinski definition) is 6. The molecule has 0 atom stereocenters. The Hall–Kier alpha value is -2.79. The van der Waals surface area contributed by atoms with E-state index in [1.807, 2.05) is 24.4 Å². The van der Waals surface area contributed by atoms with Crippen LogP contribution in [0.1, 0.15) is 60.7 Å². The largest absolute Gasteiger partial charge is 0.433 e. The first-order valence-electron chi connectivity index (χ1n) is 11.9. The molecule has 2 aromatic heterocycles. The fourth-order valence-corrected chi connectivity index (χ4v) is 5.33. The molecule has 0 unspecified atom stereocenters. The first kappa shape index (κ1) is 26.3. The Morgan fingerprint density at radius 2 is 1.81 bits per heavy atom. The number of sulfone groups is 1. The Labute approximate surface area is 209 Å². The maximum Gasteiger partial charge on any atom is 0.433 e. The molecule has 7 nitrogen and oxygen atoms in total. The quantitative estimate of drug-likeness (QED) is 0.436. The maximum absolute atomic E-state index is 12.7. The van der Waals surface area contributed by atoms with Gasteiger partial charge in [0.2, 0.25) is 0 Å². The molecule has 1 aliphatic rings. The van der Waals surface area contributed by atoms with Crippen molar-refractivity contribution in [1.82, 2.24) is 24.9 Å². The van der Waals surface area contributed by atoms with E-state index in [9.17, 15) is 21.6 Å². The topological polar surface area (TPSA) is 81.0 Å². The van der Waals surface area contributed by atoms with Crippen LogP contribution in [0.5, 0.6) is 0 Å². The Morgan fingerprint density at radius 3 is 2.44 bits per heavy atom. The minimum Gasteiger partial charge on any atom is -0.297 e. The van der Waals surface area contributed by atoms with Crippen molar-refractivity contribution in [2.24, 2.45) is 0 Å². The molecule has 0 saturated carbocycles. The summed E-state index contributed by atoms with van der Waals surface area (Å²) in [5.74, 6) is 0.445. The van der Waals surface area contributed by atoms with Crippen molar-refractivity contribution in [1.29, 1.82) is 0 Å². The molecule has 1 aromatic carbocycles. The zero-order valence-corrected chi connectivity index (χ0v) is 21.1. The molecule has 1 aliphatic heterocycles. The zero-order chi connectivity index (χ0) is 25.9. The fourth-order valence-electron chi connectivity index (χ4n) is 4.35. The number of hydrogen-bond donors (Lipinski definition) is 0. The van der Waals surface area contributed by atoms with E-state index in [2.05, 4.69) is 26.3 Å². The third-order valence-electron chi connectivity index (χ3n) is 6.53. The number of rotatable bonds is 8. The summed E-state index contributed by atoms with van der Waals surface area (Å²) < 4.78 is 64.2. The lowest BCUT2D eigenvalue weighted by Gasteiger charge is -2.31. The third kappa shape index (κ3) is 6.70. The second-order valence-electron chi connectivity index (χ2n) is 9.61. The monoisotopic (exact) mass is 521 g/mol. The average molecular weight is 522 g/mol. The van der Waals surface area contributed by atoms with Crippen molar-refractivity contribution >= 4 is 9.84 Å². The molecule has 3 heterocycles. The second kappa shape index (κ2) is 10.7. The van der Waals surface area contributed by atoms with E-state index in [4.69, 9.17) is 0 Å². The van der Waals surface area contributed by atoms with Gasteiger partial charge in [0.1, 0.15) is 5.69 Å². The number of halogens is 3. The SMILES string of the molecule is CC(C)S(=O)(=O)Cc1cccc(C2CCN(Cc3cn(Cc4ccc(C(F)(F)F)nc4)nn3)CC2)c1. The summed E-state index contributed by atoms with van der Waals surface area (Å²) in [6.07, 6.45) is 0.492. The number of pyridine rings is 1. The van der Waals surface area contributed by atoms with E-state index in [0.717, 1.165) is 43.3 Å². The number of nitrogens with zero attached hydrogens (tertiary/aromatic N) is 5. The van der Waals surface area contributed by atoms with E-state index in [0.29, 0.717) is 24.6 Å². The maximum atomic E-state index is 12.7. The number of piperidine rings is 1. The van der Waals surface area contributed by atoms with Crippen molar-refractivity contribution < 1.29 is 21.6 Å². The van der Waals surface area contributed by atoms with E-state index in [1.165, 1.54) is 17.8 Å². The molecule has 0 N–H and O–H groups in total. The highest BCUT2D eigenvalue weighted by Crippen LogP contribution is 2.30. The standard InChI is InChI=1S/C25H30F3N5O2S/c1-18(2)36(34,35)17-19-4-3-5-22(12-19)21-8-10-32(11-9-21)15-23-16-33(31-30-23)14-20-6-7-24(29-13-20)25(26,27)28/h3-7,12-13,16,18,21H,8-11,14-15,17H2,1-2H3. The van der Waals surface area contributed by atoms with Gasteiger partial charge in [0.15, 0.2) is 9.84 Å². The van der Waals surface area contributed by atoms with E-state index < -0.39 is 27.0 Å². The molecule has 4 rings (SSSR count). The van der Waals surface area contributed by atoms with Gasteiger partial charge in [-0.05, 0) is 68.5 Å². The molecule has 36 heavy (non-hydrogen) atoms. The minimum absolute atomic E-state index is 0.0650. The zero-order valence-electron chi connectivity index (χ0n) is 20.3. The highest BCUT2D eigenvalue weighted by atomic mass is 32.2. The highest BCUT2D eigenvalue weighted by molar-refractivity contribution is 7.91. The minimum atomic E-state index is -4.45. The van der Waals surface area contributed by atoms with Crippen LogP contribution in [0.25, 0.3) is 0 Å². The number of alkyl halides is 3. The van der Waals surface area contributed by atoms with E-state index in [-0.39, 0.29) is 5.75 Å². The number of likely N-dealkylation sites (tertiary alicyclic amines) is 1. The van der Waals surface area contributed by atoms with Crippen LogP contribution < -0.4 is 0 Å². The van der Waals surface area contributed by atoms with Gasteiger partial charge < -0.3 is 0 Å². The first-order valence-corrected chi connectivity index (χ1v) is 13.6. The molecule has 1 saturated heterocycles. The Balaban J connectivity index is 1.29. The summed E-state index contributed by atoms with van der Waals surface area (Å²) in [6.45, 7) is 6.12.